The van der Waals surface area contributed by atoms with E-state index < -0.39 is 11.5 Å². The molecule has 0 aliphatic carbocycles. The fourth-order valence-corrected chi connectivity index (χ4v) is 4.75. The molecule has 3 heterocycles. The average Bonchev–Trinajstić information content (AvgIpc) is 3.24. The summed E-state index contributed by atoms with van der Waals surface area (Å²) < 4.78 is 11.2. The molecule has 7 nitrogen and oxygen atoms in total. The van der Waals surface area contributed by atoms with Crippen molar-refractivity contribution in [3.63, 3.8) is 0 Å². The van der Waals surface area contributed by atoms with Gasteiger partial charge in [-0.1, -0.05) is 23.5 Å². The summed E-state index contributed by atoms with van der Waals surface area (Å²) in [5.41, 5.74) is 8.38. The number of carbonyl (C=O) groups excluding carboxylic acids is 1. The molecule has 148 valence electrons. The van der Waals surface area contributed by atoms with E-state index in [0.717, 1.165) is 22.5 Å². The van der Waals surface area contributed by atoms with Crippen LogP contribution >= 0.6 is 11.3 Å². The molecular weight excluding hydrogens is 390 g/mol. The zero-order valence-electron chi connectivity index (χ0n) is 15.9. The second kappa shape index (κ2) is 6.20. The number of rotatable bonds is 2. The Kier molecular flexibility index (Phi) is 3.84. The van der Waals surface area contributed by atoms with E-state index in [-0.39, 0.29) is 5.13 Å². The number of hydrogen-bond acceptors (Lipinski definition) is 7. The Morgan fingerprint density at radius 3 is 2.72 bits per heavy atom. The third-order valence-corrected chi connectivity index (χ3v) is 6.47. The van der Waals surface area contributed by atoms with Gasteiger partial charge in [0.25, 0.3) is 5.91 Å². The highest BCUT2D eigenvalue weighted by molar-refractivity contribution is 7.16. The number of fused-ring (bicyclic) bond motifs is 2. The molecule has 0 unspecified atom stereocenters. The van der Waals surface area contributed by atoms with Gasteiger partial charge in [0.2, 0.25) is 5.60 Å². The number of aromatic nitrogens is 1. The zero-order valence-corrected chi connectivity index (χ0v) is 16.7. The highest BCUT2D eigenvalue weighted by atomic mass is 32.1. The largest absolute Gasteiger partial charge is 0.486 e. The molecule has 1 amide bonds. The van der Waals surface area contributed by atoms with Gasteiger partial charge < -0.3 is 25.6 Å². The van der Waals surface area contributed by atoms with E-state index in [2.05, 4.69) is 10.3 Å². The molecule has 3 aromatic rings. The second-order valence-corrected chi connectivity index (χ2v) is 8.21. The van der Waals surface area contributed by atoms with Crippen LogP contribution in [0.2, 0.25) is 0 Å². The molecule has 0 spiro atoms. The number of aryl methyl sites for hydroxylation is 1. The lowest BCUT2D eigenvalue weighted by atomic mass is 9.89. The van der Waals surface area contributed by atoms with Crippen molar-refractivity contribution in [2.24, 2.45) is 0 Å². The Hall–Kier alpha value is -3.10. The molecule has 29 heavy (non-hydrogen) atoms. The summed E-state index contributed by atoms with van der Waals surface area (Å²) in [7, 11) is 0. The van der Waals surface area contributed by atoms with E-state index in [1.807, 2.05) is 26.0 Å². The van der Waals surface area contributed by atoms with Gasteiger partial charge in [0.1, 0.15) is 13.2 Å². The number of amides is 1. The van der Waals surface area contributed by atoms with Gasteiger partial charge in [0, 0.05) is 11.1 Å². The summed E-state index contributed by atoms with van der Waals surface area (Å²) in [6.07, 6.45) is 0. The molecule has 2 aromatic carbocycles. The van der Waals surface area contributed by atoms with Gasteiger partial charge in [-0.15, -0.1) is 0 Å². The van der Waals surface area contributed by atoms with Crippen LogP contribution in [0, 0.1) is 13.8 Å². The first kappa shape index (κ1) is 18.0. The number of ether oxygens (including phenoxy) is 2. The van der Waals surface area contributed by atoms with Gasteiger partial charge in [-0.3, -0.25) is 4.79 Å². The number of anilines is 2. The van der Waals surface area contributed by atoms with E-state index in [9.17, 15) is 9.90 Å². The van der Waals surface area contributed by atoms with E-state index in [4.69, 9.17) is 15.2 Å². The summed E-state index contributed by atoms with van der Waals surface area (Å²) >= 11 is 1.10. The Balaban J connectivity index is 1.70. The Morgan fingerprint density at radius 2 is 1.93 bits per heavy atom. The van der Waals surface area contributed by atoms with Crippen LogP contribution in [0.4, 0.5) is 10.8 Å². The number of hydrogen-bond donors (Lipinski definition) is 3. The molecule has 8 heteroatoms. The molecule has 4 N–H and O–H groups in total. The van der Waals surface area contributed by atoms with Crippen molar-refractivity contribution >= 4 is 28.1 Å². The fraction of sp³-hybridized carbons (Fsp3) is 0.238. The van der Waals surface area contributed by atoms with Crippen molar-refractivity contribution in [2.45, 2.75) is 19.4 Å². The predicted molar refractivity (Wildman–Crippen MR) is 110 cm³/mol. The summed E-state index contributed by atoms with van der Waals surface area (Å²) in [4.78, 5) is 17.8. The lowest BCUT2D eigenvalue weighted by molar-refractivity contribution is -0.129. The molecule has 1 aromatic heterocycles. The Bertz CT molecular complexity index is 1170. The molecule has 2 aliphatic rings. The Morgan fingerprint density at radius 1 is 1.17 bits per heavy atom. The van der Waals surface area contributed by atoms with Crippen molar-refractivity contribution in [2.75, 3.05) is 24.3 Å². The third-order valence-electron chi connectivity index (χ3n) is 5.48. The van der Waals surface area contributed by atoms with Gasteiger partial charge in [-0.05, 0) is 43.2 Å². The van der Waals surface area contributed by atoms with Crippen LogP contribution in [0.25, 0.3) is 11.3 Å². The number of carbonyl (C=O) groups is 1. The van der Waals surface area contributed by atoms with Crippen LogP contribution in [0.1, 0.15) is 21.6 Å². The normalized spacial score (nSPS) is 19.8. The highest BCUT2D eigenvalue weighted by Gasteiger charge is 2.50. The van der Waals surface area contributed by atoms with Crippen LogP contribution in [-0.2, 0) is 10.4 Å². The smallest absolute Gasteiger partial charge is 0.266 e. The molecule has 1 atom stereocenters. The molecule has 2 aliphatic heterocycles. The number of nitrogens with one attached hydrogen (secondary N) is 1. The number of benzene rings is 2. The number of nitrogen functional groups attached to an aromatic ring is 1. The first-order valence-corrected chi connectivity index (χ1v) is 10.0. The number of thiazole rings is 1. The number of nitrogens with zero attached hydrogens (tertiary/aromatic N) is 1. The topological polar surface area (TPSA) is 107 Å². The molecule has 5 rings (SSSR count). The SMILES string of the molecule is Cc1ccc2c(c1C)NC(=O)[C@@]2(O)c1sc(N)nc1-c1ccc2c(c1)OCCO2. The molecular formula is C21H19N3O4S. The summed E-state index contributed by atoms with van der Waals surface area (Å²) in [6.45, 7) is 4.84. The van der Waals surface area contributed by atoms with Crippen molar-refractivity contribution in [1.82, 2.24) is 4.98 Å². The maximum Gasteiger partial charge on any atom is 0.266 e. The fourth-order valence-electron chi connectivity index (χ4n) is 3.80. The molecule has 0 fully saturated rings. The molecule has 0 saturated heterocycles. The first-order chi connectivity index (χ1) is 13.9. The number of nitrogens with two attached hydrogens (primary N) is 1. The lowest BCUT2D eigenvalue weighted by Gasteiger charge is -2.22. The van der Waals surface area contributed by atoms with Crippen molar-refractivity contribution in [3.8, 4) is 22.8 Å². The van der Waals surface area contributed by atoms with Crippen LogP contribution < -0.4 is 20.5 Å². The maximum absolute atomic E-state index is 13.0. The highest BCUT2D eigenvalue weighted by Crippen LogP contribution is 2.49. The number of aliphatic hydroxyl groups is 1. The Labute approximate surface area is 171 Å². The van der Waals surface area contributed by atoms with E-state index in [1.165, 1.54) is 0 Å². The van der Waals surface area contributed by atoms with Crippen molar-refractivity contribution < 1.29 is 19.4 Å². The standard InChI is InChI=1S/C21H19N3O4S/c1-10-3-5-13-16(11(10)2)23-19(25)21(13,26)18-17(24-20(22)29-18)12-4-6-14-15(9-12)28-8-7-27-14/h3-6,9,26H,7-8H2,1-2H3,(H2,22,24)(H,23,25)/t21-/m0/s1. The van der Waals surface area contributed by atoms with E-state index in [0.29, 0.717) is 52.1 Å². The average molecular weight is 409 g/mol. The van der Waals surface area contributed by atoms with Crippen LogP contribution in [0.3, 0.4) is 0 Å². The minimum Gasteiger partial charge on any atom is -0.486 e. The summed E-state index contributed by atoms with van der Waals surface area (Å²) in [5.74, 6) is 0.739. The van der Waals surface area contributed by atoms with Crippen LogP contribution in [0.15, 0.2) is 30.3 Å². The summed E-state index contributed by atoms with van der Waals surface area (Å²) in [6, 6.07) is 9.09. The van der Waals surface area contributed by atoms with Crippen molar-refractivity contribution in [3.05, 3.63) is 51.9 Å². The minimum atomic E-state index is -1.87. The zero-order chi connectivity index (χ0) is 20.3. The minimum absolute atomic E-state index is 0.267. The van der Waals surface area contributed by atoms with E-state index in [1.54, 1.807) is 18.2 Å². The third kappa shape index (κ3) is 2.53. The van der Waals surface area contributed by atoms with Gasteiger partial charge in [0.15, 0.2) is 16.6 Å². The van der Waals surface area contributed by atoms with Crippen LogP contribution in [0.5, 0.6) is 11.5 Å². The monoisotopic (exact) mass is 409 g/mol. The van der Waals surface area contributed by atoms with Gasteiger partial charge in [-0.2, -0.15) is 0 Å². The maximum atomic E-state index is 13.0. The lowest BCUT2D eigenvalue weighted by Crippen LogP contribution is -2.35. The van der Waals surface area contributed by atoms with Gasteiger partial charge >= 0.3 is 0 Å². The molecule has 0 saturated carbocycles. The first-order valence-electron chi connectivity index (χ1n) is 9.21. The second-order valence-electron chi connectivity index (χ2n) is 7.18. The van der Waals surface area contributed by atoms with Crippen molar-refractivity contribution in [1.29, 1.82) is 0 Å². The summed E-state index contributed by atoms with van der Waals surface area (Å²) in [5, 5.41) is 14.7. The van der Waals surface area contributed by atoms with Crippen LogP contribution in [-0.4, -0.2) is 29.2 Å². The predicted octanol–water partition coefficient (Wildman–Crippen LogP) is 2.97. The molecule has 0 bridgehead atoms. The molecule has 0 radical (unpaired) electrons. The quantitative estimate of drug-likeness (QED) is 0.601. The van der Waals surface area contributed by atoms with Gasteiger partial charge in [-0.25, -0.2) is 4.98 Å². The van der Waals surface area contributed by atoms with Gasteiger partial charge in [0.05, 0.1) is 16.3 Å². The van der Waals surface area contributed by atoms with E-state index >= 15 is 0 Å².